The third-order valence-electron chi connectivity index (χ3n) is 3.78. The second-order valence-corrected chi connectivity index (χ2v) is 6.78. The highest BCUT2D eigenvalue weighted by Gasteiger charge is 2.32. The number of hydrogen-bond donors (Lipinski definition) is 0. The van der Waals surface area contributed by atoms with Gasteiger partial charge >= 0.3 is 12.4 Å². The molecule has 3 rings (SSSR count). The second-order valence-electron chi connectivity index (χ2n) is 5.96. The van der Waals surface area contributed by atoms with Gasteiger partial charge in [0.15, 0.2) is 0 Å². The lowest BCUT2D eigenvalue weighted by atomic mass is 10.2. The van der Waals surface area contributed by atoms with Crippen LogP contribution in [0.2, 0.25) is 10.0 Å². The predicted octanol–water partition coefficient (Wildman–Crippen LogP) is 8.62. The van der Waals surface area contributed by atoms with Crippen molar-refractivity contribution in [3.05, 3.63) is 81.8 Å². The normalized spacial score (nSPS) is 12.0. The van der Waals surface area contributed by atoms with Crippen LogP contribution in [-0.2, 0) is 12.4 Å². The molecule has 2 nitrogen and oxygen atoms in total. The maximum Gasteiger partial charge on any atom is 0.416 e. The van der Waals surface area contributed by atoms with E-state index < -0.39 is 23.5 Å². The Labute approximate surface area is 176 Å². The van der Waals surface area contributed by atoms with E-state index in [-0.39, 0.29) is 33.0 Å². The molecule has 0 aromatic heterocycles. The summed E-state index contributed by atoms with van der Waals surface area (Å²) in [6.45, 7) is 0. The Kier molecular flexibility index (Phi) is 6.10. The van der Waals surface area contributed by atoms with Gasteiger partial charge in [-0.3, -0.25) is 0 Å². The fourth-order valence-corrected chi connectivity index (χ4v) is 2.81. The Balaban J connectivity index is 1.79. The van der Waals surface area contributed by atoms with Crippen molar-refractivity contribution in [3.63, 3.8) is 0 Å². The van der Waals surface area contributed by atoms with Crippen LogP contribution in [0.4, 0.5) is 26.3 Å². The number of benzene rings is 3. The summed E-state index contributed by atoms with van der Waals surface area (Å²) in [6, 6.07) is 11.1. The molecule has 0 saturated carbocycles. The molecular formula is C20H10Cl2F6O2. The van der Waals surface area contributed by atoms with Crippen LogP contribution in [0.15, 0.2) is 60.7 Å². The van der Waals surface area contributed by atoms with Gasteiger partial charge in [0, 0.05) is 6.07 Å². The molecule has 10 heteroatoms. The molecule has 0 radical (unpaired) electrons. The molecule has 0 N–H and O–H groups in total. The predicted molar refractivity (Wildman–Crippen MR) is 99.5 cm³/mol. The first-order valence-electron chi connectivity index (χ1n) is 8.13. The van der Waals surface area contributed by atoms with E-state index in [2.05, 4.69) is 0 Å². The average Bonchev–Trinajstić information content (AvgIpc) is 2.64. The van der Waals surface area contributed by atoms with Gasteiger partial charge < -0.3 is 9.47 Å². The molecule has 0 unspecified atom stereocenters. The molecule has 0 aliphatic rings. The van der Waals surface area contributed by atoms with Gasteiger partial charge in [-0.2, -0.15) is 26.3 Å². The van der Waals surface area contributed by atoms with Crippen LogP contribution in [0.1, 0.15) is 11.1 Å². The average molecular weight is 467 g/mol. The first-order chi connectivity index (χ1) is 13.9. The van der Waals surface area contributed by atoms with Crippen LogP contribution in [0.5, 0.6) is 23.0 Å². The van der Waals surface area contributed by atoms with Crippen LogP contribution in [0.3, 0.4) is 0 Å². The van der Waals surface area contributed by atoms with E-state index in [9.17, 15) is 26.3 Å². The fourth-order valence-electron chi connectivity index (χ4n) is 2.38. The number of rotatable bonds is 4. The van der Waals surface area contributed by atoms with Gasteiger partial charge in [0.25, 0.3) is 0 Å². The summed E-state index contributed by atoms with van der Waals surface area (Å²) in [7, 11) is 0. The quantitative estimate of drug-likeness (QED) is 0.358. The first-order valence-corrected chi connectivity index (χ1v) is 8.88. The lowest BCUT2D eigenvalue weighted by molar-refractivity contribution is -0.138. The third kappa shape index (κ3) is 5.31. The summed E-state index contributed by atoms with van der Waals surface area (Å²) >= 11 is 11.7. The van der Waals surface area contributed by atoms with Gasteiger partial charge in [0.1, 0.15) is 23.0 Å². The topological polar surface area (TPSA) is 18.5 Å². The van der Waals surface area contributed by atoms with Crippen molar-refractivity contribution in [2.24, 2.45) is 0 Å². The zero-order chi connectivity index (χ0) is 22.1. The van der Waals surface area contributed by atoms with E-state index in [0.29, 0.717) is 0 Å². The van der Waals surface area contributed by atoms with Gasteiger partial charge in [-0.05, 0) is 48.5 Å². The van der Waals surface area contributed by atoms with E-state index in [1.165, 1.54) is 24.3 Å². The summed E-state index contributed by atoms with van der Waals surface area (Å²) in [5.74, 6) is 0.318. The molecule has 0 amide bonds. The van der Waals surface area contributed by atoms with E-state index in [0.717, 1.165) is 36.4 Å². The molecule has 0 saturated heterocycles. The molecule has 0 heterocycles. The molecule has 0 fully saturated rings. The minimum Gasteiger partial charge on any atom is -0.456 e. The zero-order valence-corrected chi connectivity index (χ0v) is 16.1. The van der Waals surface area contributed by atoms with Crippen molar-refractivity contribution >= 4 is 23.2 Å². The van der Waals surface area contributed by atoms with Crippen LogP contribution in [-0.4, -0.2) is 0 Å². The largest absolute Gasteiger partial charge is 0.456 e. The molecule has 0 aliphatic carbocycles. The van der Waals surface area contributed by atoms with E-state index >= 15 is 0 Å². The summed E-state index contributed by atoms with van der Waals surface area (Å²) < 4.78 is 87.3. The van der Waals surface area contributed by atoms with Crippen LogP contribution in [0, 0.1) is 0 Å². The van der Waals surface area contributed by atoms with Crippen LogP contribution < -0.4 is 9.47 Å². The molecule has 158 valence electrons. The van der Waals surface area contributed by atoms with Crippen molar-refractivity contribution < 1.29 is 35.8 Å². The van der Waals surface area contributed by atoms with Gasteiger partial charge in [-0.1, -0.05) is 29.3 Å². The van der Waals surface area contributed by atoms with Crippen molar-refractivity contribution in [1.29, 1.82) is 0 Å². The summed E-state index contributed by atoms with van der Waals surface area (Å²) in [5, 5.41) is -0.496. The highest BCUT2D eigenvalue weighted by atomic mass is 35.5. The number of ether oxygens (including phenoxy) is 2. The first kappa shape index (κ1) is 22.1. The SMILES string of the molecule is FC(F)(F)c1ccc(Oc2cccc(Oc3ccc(C(F)(F)F)cc3Cl)c2)c(Cl)c1. The summed E-state index contributed by atoms with van der Waals surface area (Å²) in [6.07, 6.45) is -9.09. The Morgan fingerprint density at radius 3 is 1.30 bits per heavy atom. The maximum absolute atomic E-state index is 12.7. The Bertz CT molecular complexity index is 983. The lowest BCUT2D eigenvalue weighted by Crippen LogP contribution is -2.04. The van der Waals surface area contributed by atoms with Crippen molar-refractivity contribution in [2.75, 3.05) is 0 Å². The van der Waals surface area contributed by atoms with Crippen molar-refractivity contribution in [2.45, 2.75) is 12.4 Å². The minimum absolute atomic E-state index is 0.0191. The molecule has 0 atom stereocenters. The van der Waals surface area contributed by atoms with Crippen molar-refractivity contribution in [1.82, 2.24) is 0 Å². The van der Waals surface area contributed by atoms with Gasteiger partial charge in [-0.15, -0.1) is 0 Å². The Morgan fingerprint density at radius 1 is 0.567 bits per heavy atom. The van der Waals surface area contributed by atoms with Gasteiger partial charge in [0.2, 0.25) is 0 Å². The zero-order valence-electron chi connectivity index (χ0n) is 14.6. The lowest BCUT2D eigenvalue weighted by Gasteiger charge is -2.13. The maximum atomic E-state index is 12.7. The number of halogens is 8. The molecule has 3 aromatic carbocycles. The monoisotopic (exact) mass is 466 g/mol. The van der Waals surface area contributed by atoms with Gasteiger partial charge in [-0.25, -0.2) is 0 Å². The smallest absolute Gasteiger partial charge is 0.416 e. The minimum atomic E-state index is -4.54. The summed E-state index contributed by atoms with van der Waals surface area (Å²) in [4.78, 5) is 0. The van der Waals surface area contributed by atoms with E-state index in [1.807, 2.05) is 0 Å². The standard InChI is InChI=1S/C20H10Cl2F6O2/c21-15-8-11(19(23,24)25)4-6-17(15)29-13-2-1-3-14(10-13)30-18-7-5-12(9-16(18)22)20(26,27)28/h1-10H. The van der Waals surface area contributed by atoms with Gasteiger partial charge in [0.05, 0.1) is 21.2 Å². The molecule has 3 aromatic rings. The fraction of sp³-hybridized carbons (Fsp3) is 0.100. The molecule has 30 heavy (non-hydrogen) atoms. The Hall–Kier alpha value is -2.58. The molecular weight excluding hydrogens is 457 g/mol. The van der Waals surface area contributed by atoms with E-state index in [4.69, 9.17) is 32.7 Å². The summed E-state index contributed by atoms with van der Waals surface area (Å²) in [5.41, 5.74) is -1.84. The second kappa shape index (κ2) is 8.28. The Morgan fingerprint density at radius 2 is 0.967 bits per heavy atom. The van der Waals surface area contributed by atoms with E-state index in [1.54, 1.807) is 0 Å². The van der Waals surface area contributed by atoms with Crippen molar-refractivity contribution in [3.8, 4) is 23.0 Å². The number of alkyl halides is 6. The number of hydrogen-bond acceptors (Lipinski definition) is 2. The molecule has 0 spiro atoms. The van der Waals surface area contributed by atoms with Crippen LogP contribution >= 0.6 is 23.2 Å². The van der Waals surface area contributed by atoms with Crippen LogP contribution in [0.25, 0.3) is 0 Å². The highest BCUT2D eigenvalue weighted by Crippen LogP contribution is 2.39. The third-order valence-corrected chi connectivity index (χ3v) is 4.37. The molecule has 0 aliphatic heterocycles. The highest BCUT2D eigenvalue weighted by molar-refractivity contribution is 6.32. The molecule has 0 bridgehead atoms.